The van der Waals surface area contributed by atoms with E-state index in [-0.39, 0.29) is 30.9 Å². The van der Waals surface area contributed by atoms with Crippen molar-refractivity contribution in [2.24, 2.45) is 0 Å². The zero-order valence-electron chi connectivity index (χ0n) is 20.8. The third kappa shape index (κ3) is 7.09. The quantitative estimate of drug-likeness (QED) is 0.266. The number of amides is 1. The standard InChI is InChI=1S/C26H29N3O7S2/c1-2-19-17-37-26(27-19)21(16-29(38(32,33)34)20-7-4-3-5-8-20)28-25(31)12-10-22(30)18-9-11-23-24(15-18)36-14-6-13-35-23/h3-5,7-9,11,15,17,21H,2,6,10,12-14,16H2,1H3,(H,28,31)(H,32,33,34). The predicted molar refractivity (Wildman–Crippen MR) is 143 cm³/mol. The molecule has 1 aromatic heterocycles. The molecule has 0 bridgehead atoms. The summed E-state index contributed by atoms with van der Waals surface area (Å²) >= 11 is 1.29. The number of fused-ring (bicyclic) bond motifs is 1. The normalized spacial score (nSPS) is 13.8. The van der Waals surface area contributed by atoms with Crippen LogP contribution in [0.4, 0.5) is 5.69 Å². The number of carbonyl (C=O) groups is 2. The summed E-state index contributed by atoms with van der Waals surface area (Å²) in [7, 11) is -4.64. The molecule has 0 saturated carbocycles. The number of nitrogens with zero attached hydrogens (tertiary/aromatic N) is 2. The van der Waals surface area contributed by atoms with E-state index in [4.69, 9.17) is 9.47 Å². The first-order valence-electron chi connectivity index (χ1n) is 12.2. The molecule has 12 heteroatoms. The second-order valence-corrected chi connectivity index (χ2v) is 10.9. The van der Waals surface area contributed by atoms with Crippen molar-refractivity contribution in [3.8, 4) is 11.5 Å². The van der Waals surface area contributed by atoms with Crippen LogP contribution in [-0.2, 0) is 21.5 Å². The number of ether oxygens (including phenoxy) is 2. The van der Waals surface area contributed by atoms with Crippen molar-refractivity contribution in [1.29, 1.82) is 0 Å². The number of thiazole rings is 1. The van der Waals surface area contributed by atoms with Crippen molar-refractivity contribution in [2.45, 2.75) is 38.6 Å². The summed E-state index contributed by atoms with van der Waals surface area (Å²) in [5.41, 5.74) is 1.45. The number of aromatic nitrogens is 1. The van der Waals surface area contributed by atoms with E-state index in [9.17, 15) is 22.6 Å². The lowest BCUT2D eigenvalue weighted by Crippen LogP contribution is -2.41. The van der Waals surface area contributed by atoms with Gasteiger partial charge in [0.25, 0.3) is 0 Å². The van der Waals surface area contributed by atoms with E-state index in [1.165, 1.54) is 11.3 Å². The summed E-state index contributed by atoms with van der Waals surface area (Å²) in [5.74, 6) is 0.393. The number of nitrogens with one attached hydrogen (secondary N) is 1. The van der Waals surface area contributed by atoms with Crippen LogP contribution in [0.1, 0.15) is 53.3 Å². The first-order valence-corrected chi connectivity index (χ1v) is 14.5. The van der Waals surface area contributed by atoms with Crippen LogP contribution in [0.15, 0.2) is 53.9 Å². The van der Waals surface area contributed by atoms with Crippen LogP contribution in [0.5, 0.6) is 11.5 Å². The number of ketones is 1. The van der Waals surface area contributed by atoms with E-state index in [2.05, 4.69) is 10.3 Å². The van der Waals surface area contributed by atoms with Gasteiger partial charge in [0.1, 0.15) is 5.01 Å². The summed E-state index contributed by atoms with van der Waals surface area (Å²) in [6.45, 7) is 2.70. The van der Waals surface area contributed by atoms with Crippen LogP contribution in [0.25, 0.3) is 0 Å². The Morgan fingerprint density at radius 2 is 1.84 bits per heavy atom. The van der Waals surface area contributed by atoms with E-state index >= 15 is 0 Å². The molecule has 3 aromatic rings. The van der Waals surface area contributed by atoms with Crippen molar-refractivity contribution in [1.82, 2.24) is 10.3 Å². The molecule has 0 saturated heterocycles. The average molecular weight is 560 g/mol. The van der Waals surface area contributed by atoms with E-state index in [0.717, 1.165) is 16.4 Å². The Balaban J connectivity index is 1.47. The van der Waals surface area contributed by atoms with E-state index in [1.54, 1.807) is 48.5 Å². The van der Waals surface area contributed by atoms with Gasteiger partial charge in [-0.05, 0) is 36.8 Å². The maximum absolute atomic E-state index is 12.9. The van der Waals surface area contributed by atoms with Gasteiger partial charge in [-0.2, -0.15) is 8.42 Å². The predicted octanol–water partition coefficient (Wildman–Crippen LogP) is 4.00. The molecule has 1 aliphatic heterocycles. The fourth-order valence-electron chi connectivity index (χ4n) is 3.90. The van der Waals surface area contributed by atoms with Gasteiger partial charge in [-0.1, -0.05) is 25.1 Å². The molecule has 2 aromatic carbocycles. The minimum atomic E-state index is -4.64. The highest BCUT2D eigenvalue weighted by Gasteiger charge is 2.28. The Bertz CT molecular complexity index is 1380. The molecule has 202 valence electrons. The van der Waals surface area contributed by atoms with Gasteiger partial charge >= 0.3 is 10.3 Å². The molecule has 1 amide bonds. The molecule has 0 fully saturated rings. The molecule has 38 heavy (non-hydrogen) atoms. The number of Topliss-reactive ketones (excluding diaryl/α,β-unsaturated/α-hetero) is 1. The topological polar surface area (TPSA) is 135 Å². The highest BCUT2D eigenvalue weighted by atomic mass is 32.2. The SMILES string of the molecule is CCc1csc(C(CN(c2ccccc2)S(=O)(=O)O)NC(=O)CCC(=O)c2ccc3c(c2)OCCCO3)n1. The van der Waals surface area contributed by atoms with Gasteiger partial charge < -0.3 is 14.8 Å². The molecular formula is C26H29N3O7S2. The van der Waals surface area contributed by atoms with E-state index < -0.39 is 22.3 Å². The van der Waals surface area contributed by atoms with Crippen molar-refractivity contribution in [3.05, 3.63) is 70.2 Å². The Morgan fingerprint density at radius 1 is 1.11 bits per heavy atom. The van der Waals surface area contributed by atoms with Crippen molar-refractivity contribution >= 4 is 39.0 Å². The third-order valence-corrected chi connectivity index (χ3v) is 7.81. The highest BCUT2D eigenvalue weighted by molar-refractivity contribution is 7.87. The number of carbonyl (C=O) groups excluding carboxylic acids is 2. The Labute approximate surface area is 225 Å². The van der Waals surface area contributed by atoms with E-state index in [0.29, 0.717) is 41.7 Å². The van der Waals surface area contributed by atoms with Crippen LogP contribution in [0.2, 0.25) is 0 Å². The van der Waals surface area contributed by atoms with Crippen LogP contribution in [0.3, 0.4) is 0 Å². The summed E-state index contributed by atoms with van der Waals surface area (Å²) in [5, 5.41) is 5.13. The number of benzene rings is 2. The molecule has 2 N–H and O–H groups in total. The molecule has 0 aliphatic carbocycles. The van der Waals surface area contributed by atoms with Crippen molar-refractivity contribution < 1.29 is 32.0 Å². The number of anilines is 1. The fourth-order valence-corrected chi connectivity index (χ4v) is 5.57. The number of hydrogen-bond donors (Lipinski definition) is 2. The lowest BCUT2D eigenvalue weighted by molar-refractivity contribution is -0.121. The van der Waals surface area contributed by atoms with Gasteiger partial charge in [0.05, 0.1) is 37.2 Å². The summed E-state index contributed by atoms with van der Waals surface area (Å²) in [6, 6.07) is 12.2. The zero-order valence-corrected chi connectivity index (χ0v) is 22.5. The highest BCUT2D eigenvalue weighted by Crippen LogP contribution is 2.31. The van der Waals surface area contributed by atoms with E-state index in [1.807, 2.05) is 12.3 Å². The molecule has 2 heterocycles. The van der Waals surface area contributed by atoms with Crippen LogP contribution in [-0.4, -0.2) is 49.4 Å². The maximum Gasteiger partial charge on any atom is 0.360 e. The Morgan fingerprint density at radius 3 is 2.53 bits per heavy atom. The number of rotatable bonds is 11. The number of hydrogen-bond acceptors (Lipinski definition) is 8. The molecule has 0 spiro atoms. The van der Waals surface area contributed by atoms with Crippen LogP contribution in [0, 0.1) is 0 Å². The van der Waals surface area contributed by atoms with Gasteiger partial charge in [0.15, 0.2) is 17.3 Å². The molecule has 1 aliphatic rings. The zero-order chi connectivity index (χ0) is 27.1. The van der Waals surface area contributed by atoms with Gasteiger partial charge in [-0.15, -0.1) is 11.3 Å². The second-order valence-electron chi connectivity index (χ2n) is 8.63. The first kappa shape index (κ1) is 27.6. The smallest absolute Gasteiger partial charge is 0.360 e. The van der Waals surface area contributed by atoms with Crippen LogP contribution < -0.4 is 19.1 Å². The van der Waals surface area contributed by atoms with Gasteiger partial charge in [0, 0.05) is 30.2 Å². The van der Waals surface area contributed by atoms with Crippen LogP contribution >= 0.6 is 11.3 Å². The van der Waals surface area contributed by atoms with Crippen molar-refractivity contribution in [2.75, 3.05) is 24.1 Å². The van der Waals surface area contributed by atoms with Gasteiger partial charge in [-0.3, -0.25) is 14.1 Å². The lowest BCUT2D eigenvalue weighted by atomic mass is 10.1. The molecular weight excluding hydrogens is 530 g/mol. The monoisotopic (exact) mass is 559 g/mol. The van der Waals surface area contributed by atoms with Crippen molar-refractivity contribution in [3.63, 3.8) is 0 Å². The summed E-state index contributed by atoms with van der Waals surface area (Å²) in [6.07, 6.45) is 1.24. The fraction of sp³-hybridized carbons (Fsp3) is 0.346. The maximum atomic E-state index is 12.9. The summed E-state index contributed by atoms with van der Waals surface area (Å²) in [4.78, 5) is 30.2. The lowest BCUT2D eigenvalue weighted by Gasteiger charge is -2.26. The molecule has 10 nitrogen and oxygen atoms in total. The molecule has 1 atom stereocenters. The largest absolute Gasteiger partial charge is 0.490 e. The Hall–Kier alpha value is -3.48. The second kappa shape index (κ2) is 12.4. The Kier molecular flexibility index (Phi) is 8.97. The minimum absolute atomic E-state index is 0.0586. The number of para-hydroxylation sites is 1. The first-order chi connectivity index (χ1) is 18.2. The van der Waals surface area contributed by atoms with Gasteiger partial charge in [0.2, 0.25) is 5.91 Å². The average Bonchev–Trinajstić information content (AvgIpc) is 3.27. The molecule has 1 unspecified atom stereocenters. The third-order valence-electron chi connectivity index (χ3n) is 5.88. The number of aryl methyl sites for hydroxylation is 1. The molecule has 0 radical (unpaired) electrons. The van der Waals surface area contributed by atoms with Gasteiger partial charge in [-0.25, -0.2) is 9.29 Å². The minimum Gasteiger partial charge on any atom is -0.490 e. The molecule has 4 rings (SSSR count). The summed E-state index contributed by atoms with van der Waals surface area (Å²) < 4.78 is 46.4.